The number of fused-ring (bicyclic) bond motifs is 1. The van der Waals surface area contributed by atoms with E-state index in [4.69, 9.17) is 24.7 Å². The number of nitrogens with two attached hydrogens (primary N) is 1. The summed E-state index contributed by atoms with van der Waals surface area (Å²) in [7, 11) is 0. The second kappa shape index (κ2) is 43.5. The van der Waals surface area contributed by atoms with Gasteiger partial charge in [-0.2, -0.15) is 0 Å². The van der Waals surface area contributed by atoms with Crippen LogP contribution in [-0.4, -0.2) is 161 Å². The van der Waals surface area contributed by atoms with Crippen molar-refractivity contribution < 1.29 is 86.4 Å². The molecular weight excluding hydrogens is 1440 g/mol. The summed E-state index contributed by atoms with van der Waals surface area (Å²) in [6.07, 6.45) is -1.77. The molecule has 0 aliphatic carbocycles. The van der Waals surface area contributed by atoms with Gasteiger partial charge in [0.15, 0.2) is 6.61 Å². The average Bonchev–Trinajstić information content (AvgIpc) is 1.61. The Morgan fingerprint density at radius 2 is 0.902 bits per heavy atom. The van der Waals surface area contributed by atoms with Gasteiger partial charge in [0.2, 0.25) is 47.3 Å². The lowest BCUT2D eigenvalue weighted by atomic mass is 9.99. The Balaban J connectivity index is 0.984. The van der Waals surface area contributed by atoms with Gasteiger partial charge in [-0.15, -0.1) is 0 Å². The van der Waals surface area contributed by atoms with Crippen molar-refractivity contribution in [2.24, 2.45) is 5.73 Å². The van der Waals surface area contributed by atoms with Crippen LogP contribution in [0.4, 0.5) is 9.59 Å². The van der Waals surface area contributed by atoms with Crippen molar-refractivity contribution in [3.63, 3.8) is 0 Å². The number of aromatic hydroxyl groups is 1. The summed E-state index contributed by atoms with van der Waals surface area (Å²) in [5, 5.41) is 37.1. The van der Waals surface area contributed by atoms with Crippen molar-refractivity contribution in [3.05, 3.63) is 209 Å². The number of alkyl carbamates (subject to hydrolysis) is 2. The largest absolute Gasteiger partial charge is 0.508 e. The number of carbonyl (C=O) groups excluding carboxylic acids is 13. The Labute approximate surface area is 649 Å². The third-order valence-corrected chi connectivity index (χ3v) is 17.1. The maximum absolute atomic E-state index is 14.8. The number of amides is 11. The van der Waals surface area contributed by atoms with Gasteiger partial charge < -0.3 is 87.9 Å². The number of benzene rings is 6. The van der Waals surface area contributed by atoms with Crippen LogP contribution in [0.1, 0.15) is 132 Å². The molecule has 0 unspecified atom stereocenters. The van der Waals surface area contributed by atoms with Crippen LogP contribution in [-0.2, 0) is 97.6 Å². The standard InChI is InChI=1S/C82H100N12O18/c1-81(2,3)111-70(99)47-66(78(106)90-63(73(83)101)44-52-24-11-7-12-25-52)91-75(103)62(89-77(105)65(46-57-48-86-60-33-20-19-32-59(57)60)92-79(107)110-50-54-26-13-8-14-27-54)34-21-22-42-84-67(96)40-41-68(97)85-43-23-35-61(88-76(104)64(93-80(108)112-82(4,5)6)45-53-36-38-58(95)39-37-53)74(102)87-49-71(100)109-51-69(98)94-72(55-28-15-9-16-29-55)56-30-17-10-18-31-56/h7-20,24-33,36-39,48,61-66,72,86,95H,21-23,34-35,40-47,49-51H2,1-6H3,(H2,83,101)(H,84,96)(H,85,97)(H,87,102)(H,88,104)(H,89,105)(H,90,106)(H,91,103)(H,92,107)(H,93,108)(H,94,98)/t61-,62-,63-,64-,65-,66-/m0/s1. The minimum Gasteiger partial charge on any atom is -0.508 e. The van der Waals surface area contributed by atoms with Crippen LogP contribution in [0, 0.1) is 0 Å². The van der Waals surface area contributed by atoms with E-state index in [1.54, 1.807) is 114 Å². The molecule has 0 bridgehead atoms. The number of H-pyrrole nitrogens is 1. The molecule has 1 aromatic heterocycles. The number of hydrogen-bond acceptors (Lipinski definition) is 18. The van der Waals surface area contributed by atoms with Gasteiger partial charge in [0.25, 0.3) is 5.91 Å². The van der Waals surface area contributed by atoms with Crippen LogP contribution in [0.2, 0.25) is 0 Å². The molecule has 7 rings (SSSR count). The summed E-state index contributed by atoms with van der Waals surface area (Å²) in [4.78, 5) is 181. The Kier molecular flexibility index (Phi) is 33.7. The first-order valence-corrected chi connectivity index (χ1v) is 36.9. The van der Waals surface area contributed by atoms with Crippen LogP contribution in [0.5, 0.6) is 5.75 Å². The van der Waals surface area contributed by atoms with Crippen molar-refractivity contribution in [1.82, 2.24) is 58.2 Å². The third kappa shape index (κ3) is 31.2. The Hall–Kier alpha value is -12.6. The van der Waals surface area contributed by atoms with Crippen LogP contribution in [0.25, 0.3) is 10.9 Å². The molecule has 14 N–H and O–H groups in total. The van der Waals surface area contributed by atoms with Crippen LogP contribution < -0.4 is 58.9 Å². The van der Waals surface area contributed by atoms with Crippen molar-refractivity contribution in [1.29, 1.82) is 0 Å². The molecule has 1 heterocycles. The number of carbonyl (C=O) groups is 13. The van der Waals surface area contributed by atoms with E-state index in [2.05, 4.69) is 58.2 Å². The van der Waals surface area contributed by atoms with E-state index in [9.17, 15) is 67.4 Å². The second-order valence-corrected chi connectivity index (χ2v) is 28.6. The van der Waals surface area contributed by atoms with Gasteiger partial charge in [-0.05, 0) is 125 Å². The number of aromatic amines is 1. The number of ether oxygens (including phenoxy) is 4. The van der Waals surface area contributed by atoms with Crippen molar-refractivity contribution in [3.8, 4) is 5.75 Å². The minimum absolute atomic E-state index is 0.00951. The topological polar surface area (TPSA) is 441 Å². The third-order valence-electron chi connectivity index (χ3n) is 17.1. The van der Waals surface area contributed by atoms with Crippen molar-refractivity contribution in [2.45, 2.75) is 172 Å². The van der Waals surface area contributed by atoms with Gasteiger partial charge in [0.05, 0.1) is 12.5 Å². The fourth-order valence-corrected chi connectivity index (χ4v) is 11.6. The van der Waals surface area contributed by atoms with Gasteiger partial charge in [-0.1, -0.05) is 152 Å². The zero-order valence-electron chi connectivity index (χ0n) is 63.6. The number of hydrogen-bond donors (Lipinski definition) is 13. The van der Waals surface area contributed by atoms with E-state index in [1.807, 2.05) is 78.9 Å². The predicted octanol–water partition coefficient (Wildman–Crippen LogP) is 5.77. The van der Waals surface area contributed by atoms with Crippen LogP contribution in [0.15, 0.2) is 176 Å². The highest BCUT2D eigenvalue weighted by Crippen LogP contribution is 2.24. The molecule has 0 fully saturated rings. The first kappa shape index (κ1) is 86.6. The highest BCUT2D eigenvalue weighted by Gasteiger charge is 2.35. The van der Waals surface area contributed by atoms with E-state index in [0.29, 0.717) is 22.3 Å². The Morgan fingerprint density at radius 3 is 1.49 bits per heavy atom. The maximum Gasteiger partial charge on any atom is 0.408 e. The molecule has 0 aliphatic rings. The first-order chi connectivity index (χ1) is 53.4. The number of rotatable bonds is 41. The van der Waals surface area contributed by atoms with E-state index < -0.39 is 150 Å². The summed E-state index contributed by atoms with van der Waals surface area (Å²) in [6.45, 7) is 8.04. The van der Waals surface area contributed by atoms with E-state index >= 15 is 0 Å². The predicted molar refractivity (Wildman–Crippen MR) is 413 cm³/mol. The number of nitrogens with one attached hydrogen (secondary N) is 11. The smallest absolute Gasteiger partial charge is 0.408 e. The van der Waals surface area contributed by atoms with Crippen molar-refractivity contribution in [2.75, 3.05) is 26.2 Å². The molecular formula is C82H100N12O18. The Morgan fingerprint density at radius 1 is 0.429 bits per heavy atom. The molecule has 11 amide bonds. The molecule has 0 aliphatic heterocycles. The van der Waals surface area contributed by atoms with Gasteiger partial charge in [0.1, 0.15) is 66.4 Å². The van der Waals surface area contributed by atoms with Crippen molar-refractivity contribution >= 4 is 88.2 Å². The molecule has 7 aromatic rings. The lowest BCUT2D eigenvalue weighted by Gasteiger charge is -2.27. The quantitative estimate of drug-likeness (QED) is 0.0123. The number of primary amides is 1. The molecule has 6 atom stereocenters. The molecule has 596 valence electrons. The second-order valence-electron chi connectivity index (χ2n) is 28.6. The zero-order chi connectivity index (χ0) is 81.2. The Bertz CT molecular complexity index is 4270. The molecule has 6 aromatic carbocycles. The number of phenolic OH excluding ortho intramolecular Hbond substituents is 1. The molecule has 0 spiro atoms. The molecule has 30 nitrogen and oxygen atoms in total. The minimum atomic E-state index is -1.70. The zero-order valence-corrected chi connectivity index (χ0v) is 63.6. The van der Waals surface area contributed by atoms with Crippen LogP contribution >= 0.6 is 0 Å². The first-order valence-electron chi connectivity index (χ1n) is 36.9. The lowest BCUT2D eigenvalue weighted by molar-refractivity contribution is -0.156. The summed E-state index contributed by atoms with van der Waals surface area (Å²) < 4.78 is 21.7. The normalized spacial score (nSPS) is 12.8. The number of esters is 2. The van der Waals surface area contributed by atoms with E-state index in [-0.39, 0.29) is 89.7 Å². The summed E-state index contributed by atoms with van der Waals surface area (Å²) in [5.41, 5.74) is 8.49. The van der Waals surface area contributed by atoms with Gasteiger partial charge >= 0.3 is 24.1 Å². The van der Waals surface area contributed by atoms with Crippen LogP contribution in [0.3, 0.4) is 0 Å². The maximum atomic E-state index is 14.8. The fourth-order valence-electron chi connectivity index (χ4n) is 11.6. The lowest BCUT2D eigenvalue weighted by Crippen LogP contribution is -2.59. The number of unbranched alkanes of at least 4 members (excludes halogenated alkanes) is 1. The van der Waals surface area contributed by atoms with E-state index in [1.165, 1.54) is 24.3 Å². The monoisotopic (exact) mass is 1540 g/mol. The SMILES string of the molecule is CC(C)(C)OC(=O)C[C@H](NC(=O)[C@H](CCCCNC(=O)CCC(=O)NCCC[C@H](NC(=O)[C@H](Cc1ccc(O)cc1)NC(=O)OC(C)(C)C)C(=O)NCC(=O)OCC(=O)NC(c1ccccc1)c1ccccc1)NC(=O)[C@H](Cc1c[nH]c2ccccc12)NC(=O)OCc1ccccc1)C(=O)N[C@@H](Cc1ccccc1)C(N)=O. The number of para-hydroxylation sites is 1. The summed E-state index contributed by atoms with van der Waals surface area (Å²) in [5.74, 6) is -9.07. The summed E-state index contributed by atoms with van der Waals surface area (Å²) in [6, 6.07) is 39.7. The summed E-state index contributed by atoms with van der Waals surface area (Å²) >= 11 is 0. The van der Waals surface area contributed by atoms with E-state index in [0.717, 1.165) is 22.0 Å². The average molecular weight is 1540 g/mol. The fraction of sp³-hybridized carbons (Fsp3) is 0.378. The van der Waals surface area contributed by atoms with Gasteiger partial charge in [-0.3, -0.25) is 52.7 Å². The molecule has 112 heavy (non-hydrogen) atoms. The molecule has 0 saturated heterocycles. The number of phenols is 1. The highest BCUT2D eigenvalue weighted by molar-refractivity contribution is 5.98. The number of aromatic nitrogens is 1. The molecule has 0 saturated carbocycles. The highest BCUT2D eigenvalue weighted by atomic mass is 16.6. The molecule has 30 heteroatoms. The van der Waals surface area contributed by atoms with Gasteiger partial charge in [-0.25, -0.2) is 9.59 Å². The van der Waals surface area contributed by atoms with Gasteiger partial charge in [0, 0.05) is 62.3 Å². The molecule has 0 radical (unpaired) electrons.